The molecule has 0 fully saturated rings. The fourth-order valence-corrected chi connectivity index (χ4v) is 1.20. The second-order valence-corrected chi connectivity index (χ2v) is 3.55. The standard InChI is InChI=1S/C12H15N3OS/c1-3-8-13-12(17)15-14-9-10-4-6-11(16-2)7-5-10/h3-7,9H,1,8H2,2H3,(H2,13,15,17). The Hall–Kier alpha value is -1.88. The van der Waals surface area contributed by atoms with Gasteiger partial charge in [-0.3, -0.25) is 5.43 Å². The summed E-state index contributed by atoms with van der Waals surface area (Å²) in [7, 11) is 1.63. The van der Waals surface area contributed by atoms with Gasteiger partial charge in [0.2, 0.25) is 0 Å². The van der Waals surface area contributed by atoms with Crippen molar-refractivity contribution in [3.05, 3.63) is 42.5 Å². The van der Waals surface area contributed by atoms with Crippen LogP contribution in [0.15, 0.2) is 42.0 Å². The van der Waals surface area contributed by atoms with E-state index >= 15 is 0 Å². The number of hydrogen-bond donors (Lipinski definition) is 2. The molecule has 0 aliphatic rings. The lowest BCUT2D eigenvalue weighted by atomic mass is 10.2. The third kappa shape index (κ3) is 5.12. The minimum Gasteiger partial charge on any atom is -0.497 e. The van der Waals surface area contributed by atoms with E-state index < -0.39 is 0 Å². The summed E-state index contributed by atoms with van der Waals surface area (Å²) in [6.07, 6.45) is 3.41. The molecule has 0 amide bonds. The normalized spacial score (nSPS) is 9.94. The molecular weight excluding hydrogens is 234 g/mol. The van der Waals surface area contributed by atoms with E-state index in [-0.39, 0.29) is 0 Å². The average molecular weight is 249 g/mol. The summed E-state index contributed by atoms with van der Waals surface area (Å²) < 4.78 is 5.06. The van der Waals surface area contributed by atoms with Crippen molar-refractivity contribution in [2.24, 2.45) is 5.10 Å². The van der Waals surface area contributed by atoms with E-state index in [1.54, 1.807) is 19.4 Å². The Morgan fingerprint density at radius 2 is 2.18 bits per heavy atom. The van der Waals surface area contributed by atoms with Crippen LogP contribution in [0.25, 0.3) is 0 Å². The van der Waals surface area contributed by atoms with Gasteiger partial charge < -0.3 is 10.1 Å². The molecule has 0 aliphatic heterocycles. The Bertz CT molecular complexity index is 401. The minimum atomic E-state index is 0.467. The Morgan fingerprint density at radius 1 is 1.47 bits per heavy atom. The molecule has 1 rings (SSSR count). The monoisotopic (exact) mass is 249 g/mol. The van der Waals surface area contributed by atoms with Gasteiger partial charge in [-0.15, -0.1) is 6.58 Å². The van der Waals surface area contributed by atoms with Gasteiger partial charge in [0.15, 0.2) is 5.11 Å². The van der Waals surface area contributed by atoms with Gasteiger partial charge in [0, 0.05) is 6.54 Å². The van der Waals surface area contributed by atoms with Crippen molar-refractivity contribution < 1.29 is 4.74 Å². The fourth-order valence-electron chi connectivity index (χ4n) is 1.06. The molecular formula is C12H15N3OS. The Balaban J connectivity index is 2.42. The third-order valence-corrected chi connectivity index (χ3v) is 2.14. The van der Waals surface area contributed by atoms with Crippen molar-refractivity contribution in [3.8, 4) is 5.75 Å². The van der Waals surface area contributed by atoms with E-state index in [1.165, 1.54) is 0 Å². The van der Waals surface area contributed by atoms with Crippen LogP contribution in [-0.4, -0.2) is 25.0 Å². The van der Waals surface area contributed by atoms with Crippen molar-refractivity contribution in [3.63, 3.8) is 0 Å². The maximum atomic E-state index is 5.06. The first-order valence-electron chi connectivity index (χ1n) is 5.08. The van der Waals surface area contributed by atoms with E-state index in [9.17, 15) is 0 Å². The van der Waals surface area contributed by atoms with Crippen molar-refractivity contribution in [1.82, 2.24) is 10.7 Å². The van der Waals surface area contributed by atoms with Crippen LogP contribution in [0.4, 0.5) is 0 Å². The van der Waals surface area contributed by atoms with E-state index in [0.29, 0.717) is 11.7 Å². The summed E-state index contributed by atoms with van der Waals surface area (Å²) >= 11 is 4.97. The van der Waals surface area contributed by atoms with Gasteiger partial charge in [0.25, 0.3) is 0 Å². The summed E-state index contributed by atoms with van der Waals surface area (Å²) in [5.41, 5.74) is 3.67. The van der Waals surface area contributed by atoms with Crippen molar-refractivity contribution in [2.45, 2.75) is 0 Å². The maximum absolute atomic E-state index is 5.06. The maximum Gasteiger partial charge on any atom is 0.187 e. The topological polar surface area (TPSA) is 45.7 Å². The number of methoxy groups -OCH3 is 1. The SMILES string of the molecule is C=CCNC(=S)NN=Cc1ccc(OC)cc1. The smallest absolute Gasteiger partial charge is 0.187 e. The molecule has 17 heavy (non-hydrogen) atoms. The lowest BCUT2D eigenvalue weighted by Crippen LogP contribution is -2.31. The van der Waals surface area contributed by atoms with Gasteiger partial charge >= 0.3 is 0 Å². The molecule has 0 radical (unpaired) electrons. The number of nitrogens with zero attached hydrogens (tertiary/aromatic N) is 1. The van der Waals surface area contributed by atoms with Gasteiger partial charge in [-0.2, -0.15) is 5.10 Å². The molecule has 0 heterocycles. The Labute approximate surface area is 106 Å². The van der Waals surface area contributed by atoms with Crippen LogP contribution >= 0.6 is 12.2 Å². The van der Waals surface area contributed by atoms with Crippen LogP contribution in [0.3, 0.4) is 0 Å². The lowest BCUT2D eigenvalue weighted by molar-refractivity contribution is 0.415. The van der Waals surface area contributed by atoms with E-state index in [4.69, 9.17) is 17.0 Å². The highest BCUT2D eigenvalue weighted by Crippen LogP contribution is 2.09. The van der Waals surface area contributed by atoms with Crippen LogP contribution in [0, 0.1) is 0 Å². The molecule has 1 aromatic carbocycles. The van der Waals surface area contributed by atoms with Gasteiger partial charge in [0.1, 0.15) is 5.75 Å². The molecule has 90 valence electrons. The van der Waals surface area contributed by atoms with Crippen molar-refractivity contribution in [2.75, 3.05) is 13.7 Å². The zero-order valence-electron chi connectivity index (χ0n) is 9.64. The molecule has 2 N–H and O–H groups in total. The predicted octanol–water partition coefficient (Wildman–Crippen LogP) is 1.68. The highest BCUT2D eigenvalue weighted by Gasteiger charge is 1.91. The molecule has 0 atom stereocenters. The summed E-state index contributed by atoms with van der Waals surface area (Å²) in [6, 6.07) is 7.56. The molecule has 4 nitrogen and oxygen atoms in total. The fraction of sp³-hybridized carbons (Fsp3) is 0.167. The summed E-state index contributed by atoms with van der Waals surface area (Å²) in [4.78, 5) is 0. The number of hydrazone groups is 1. The summed E-state index contributed by atoms with van der Waals surface area (Å²) in [5.74, 6) is 0.818. The molecule has 1 aromatic rings. The molecule has 0 aliphatic carbocycles. The first kappa shape index (κ1) is 13.2. The highest BCUT2D eigenvalue weighted by molar-refractivity contribution is 7.80. The first-order chi connectivity index (χ1) is 8.26. The van der Waals surface area contributed by atoms with Crippen LogP contribution in [-0.2, 0) is 0 Å². The van der Waals surface area contributed by atoms with Crippen LogP contribution in [0.1, 0.15) is 5.56 Å². The number of thiocarbonyl (C=S) groups is 1. The number of nitrogens with one attached hydrogen (secondary N) is 2. The van der Waals surface area contributed by atoms with Gasteiger partial charge in [-0.05, 0) is 42.0 Å². The largest absolute Gasteiger partial charge is 0.497 e. The highest BCUT2D eigenvalue weighted by atomic mass is 32.1. The first-order valence-corrected chi connectivity index (χ1v) is 5.49. The second-order valence-electron chi connectivity index (χ2n) is 3.14. The van der Waals surface area contributed by atoms with Crippen LogP contribution in [0.2, 0.25) is 0 Å². The quantitative estimate of drug-likeness (QED) is 0.361. The molecule has 5 heteroatoms. The van der Waals surface area contributed by atoms with E-state index in [0.717, 1.165) is 11.3 Å². The Morgan fingerprint density at radius 3 is 2.76 bits per heavy atom. The zero-order chi connectivity index (χ0) is 12.5. The van der Waals surface area contributed by atoms with Crippen molar-refractivity contribution >= 4 is 23.5 Å². The molecule has 0 aromatic heterocycles. The summed E-state index contributed by atoms with van der Waals surface area (Å²) in [6.45, 7) is 4.19. The number of ether oxygens (including phenoxy) is 1. The molecule has 0 bridgehead atoms. The zero-order valence-corrected chi connectivity index (χ0v) is 10.5. The minimum absolute atomic E-state index is 0.467. The van der Waals surface area contributed by atoms with E-state index in [2.05, 4.69) is 22.4 Å². The van der Waals surface area contributed by atoms with Gasteiger partial charge in [0.05, 0.1) is 13.3 Å². The molecule has 0 saturated carbocycles. The molecule has 0 unspecified atom stereocenters. The lowest BCUT2D eigenvalue weighted by Gasteiger charge is -2.03. The Kier molecular flexibility index (Phi) is 5.74. The predicted molar refractivity (Wildman–Crippen MR) is 74.5 cm³/mol. The number of benzene rings is 1. The number of hydrogen-bond acceptors (Lipinski definition) is 3. The number of rotatable bonds is 5. The average Bonchev–Trinajstić information content (AvgIpc) is 2.37. The molecule has 0 saturated heterocycles. The van der Waals surface area contributed by atoms with Gasteiger partial charge in [-0.1, -0.05) is 6.08 Å². The van der Waals surface area contributed by atoms with Crippen LogP contribution in [0.5, 0.6) is 5.75 Å². The van der Waals surface area contributed by atoms with Crippen molar-refractivity contribution in [1.29, 1.82) is 0 Å². The van der Waals surface area contributed by atoms with Crippen LogP contribution < -0.4 is 15.5 Å². The summed E-state index contributed by atoms with van der Waals surface area (Å²) in [5, 5.41) is 7.37. The third-order valence-electron chi connectivity index (χ3n) is 1.90. The van der Waals surface area contributed by atoms with Gasteiger partial charge in [-0.25, -0.2) is 0 Å². The second kappa shape index (κ2) is 7.40. The molecule has 0 spiro atoms. The van der Waals surface area contributed by atoms with E-state index in [1.807, 2.05) is 24.3 Å².